The average molecular weight is 545 g/mol. The number of ether oxygens (including phenoxy) is 1. The minimum Gasteiger partial charge on any atom is -0.465 e. The van der Waals surface area contributed by atoms with Crippen molar-refractivity contribution in [3.63, 3.8) is 0 Å². The van der Waals surface area contributed by atoms with Gasteiger partial charge in [-0.1, -0.05) is 44.6 Å². The predicted octanol–water partition coefficient (Wildman–Crippen LogP) is 3.68. The van der Waals surface area contributed by atoms with E-state index in [2.05, 4.69) is 16.0 Å². The molecule has 1 aromatic carbocycles. The van der Waals surface area contributed by atoms with Crippen LogP contribution in [0, 0.1) is 0 Å². The first-order valence-electron chi connectivity index (χ1n) is 14.0. The number of anilines is 1. The van der Waals surface area contributed by atoms with Crippen LogP contribution in [0.1, 0.15) is 97.8 Å². The second kappa shape index (κ2) is 15.8. The molecule has 2 aliphatic heterocycles. The van der Waals surface area contributed by atoms with E-state index in [4.69, 9.17) is 9.84 Å². The van der Waals surface area contributed by atoms with Crippen molar-refractivity contribution in [1.82, 2.24) is 15.5 Å². The largest absolute Gasteiger partial charge is 0.465 e. The lowest BCUT2D eigenvalue weighted by molar-refractivity contribution is -0.136. The van der Waals surface area contributed by atoms with Gasteiger partial charge in [0, 0.05) is 38.4 Å². The fourth-order valence-electron chi connectivity index (χ4n) is 4.90. The summed E-state index contributed by atoms with van der Waals surface area (Å²) in [5, 5.41) is 16.4. The number of nitrogens with zero attached hydrogens (tertiary/aromatic N) is 1. The lowest BCUT2D eigenvalue weighted by Crippen LogP contribution is -2.54. The van der Waals surface area contributed by atoms with E-state index in [9.17, 15) is 24.0 Å². The van der Waals surface area contributed by atoms with E-state index in [1.807, 2.05) is 0 Å². The van der Waals surface area contributed by atoms with Crippen molar-refractivity contribution >= 4 is 35.4 Å². The zero-order chi connectivity index (χ0) is 28.0. The highest BCUT2D eigenvalue weighted by molar-refractivity contribution is 6.25. The Labute approximate surface area is 229 Å². The molecule has 0 aliphatic carbocycles. The standard InChI is InChI=1S/C28H40N4O7/c33-23-15-14-22(25(34)31-23)32-26(35)20-12-11-13-21(24(20)27(32)36)29-16-7-4-6-10-19-39-18-9-5-2-1-3-8-17-30-28(37)38/h11-13,22,29-30H,1-10,14-19H2,(H,37,38)(H,31,33,34). The van der Waals surface area contributed by atoms with Gasteiger partial charge in [-0.05, 0) is 44.2 Å². The Bertz CT molecular complexity index is 1030. The SMILES string of the molecule is O=C(O)NCCCCCCCCOCCCCCCNc1cccc2c1C(=O)N(C1CCC(=O)NC1=O)C2=O. The van der Waals surface area contributed by atoms with Gasteiger partial charge in [0.2, 0.25) is 11.8 Å². The van der Waals surface area contributed by atoms with E-state index in [0.717, 1.165) is 82.3 Å². The molecule has 11 nitrogen and oxygen atoms in total. The molecule has 5 amide bonds. The van der Waals surface area contributed by atoms with Crippen molar-refractivity contribution in [3.05, 3.63) is 29.3 Å². The first-order chi connectivity index (χ1) is 18.9. The second-order valence-corrected chi connectivity index (χ2v) is 9.98. The minimum atomic E-state index is -0.968. The van der Waals surface area contributed by atoms with Crippen LogP contribution in [-0.2, 0) is 14.3 Å². The lowest BCUT2D eigenvalue weighted by atomic mass is 10.0. The molecule has 214 valence electrons. The highest BCUT2D eigenvalue weighted by atomic mass is 16.5. The Morgan fingerprint density at radius 1 is 0.897 bits per heavy atom. The molecule has 0 aromatic heterocycles. The number of hydrogen-bond donors (Lipinski definition) is 4. The van der Waals surface area contributed by atoms with E-state index in [1.54, 1.807) is 18.2 Å². The van der Waals surface area contributed by atoms with Crippen molar-refractivity contribution in [2.24, 2.45) is 0 Å². The Hall–Kier alpha value is -3.47. The van der Waals surface area contributed by atoms with Crippen LogP contribution in [0.3, 0.4) is 0 Å². The number of rotatable bonds is 18. The summed E-state index contributed by atoms with van der Waals surface area (Å²) in [5.41, 5.74) is 1.15. The number of unbranched alkanes of at least 4 members (excludes halogenated alkanes) is 8. The van der Waals surface area contributed by atoms with Crippen LogP contribution in [0.25, 0.3) is 0 Å². The van der Waals surface area contributed by atoms with Crippen molar-refractivity contribution in [2.45, 2.75) is 83.1 Å². The monoisotopic (exact) mass is 544 g/mol. The van der Waals surface area contributed by atoms with E-state index in [-0.39, 0.29) is 24.0 Å². The smallest absolute Gasteiger partial charge is 0.404 e. The Morgan fingerprint density at radius 3 is 2.21 bits per heavy atom. The number of hydrogen-bond acceptors (Lipinski definition) is 7. The predicted molar refractivity (Wildman–Crippen MR) is 145 cm³/mol. The Balaban J connectivity index is 1.25. The summed E-state index contributed by atoms with van der Waals surface area (Å²) >= 11 is 0. The number of fused-ring (bicyclic) bond motifs is 1. The molecule has 1 atom stereocenters. The molecule has 1 fully saturated rings. The molecule has 3 rings (SSSR count). The van der Waals surface area contributed by atoms with Gasteiger partial charge in [0.25, 0.3) is 11.8 Å². The molecule has 1 unspecified atom stereocenters. The summed E-state index contributed by atoms with van der Waals surface area (Å²) in [6.45, 7) is 2.69. The van der Waals surface area contributed by atoms with Crippen molar-refractivity contribution in [1.29, 1.82) is 0 Å². The summed E-state index contributed by atoms with van der Waals surface area (Å²) in [6, 6.07) is 4.11. The molecular formula is C28H40N4O7. The molecular weight excluding hydrogens is 504 g/mol. The fourth-order valence-corrected chi connectivity index (χ4v) is 4.90. The highest BCUT2D eigenvalue weighted by Gasteiger charge is 2.45. The third kappa shape index (κ3) is 9.05. The molecule has 2 heterocycles. The van der Waals surface area contributed by atoms with E-state index < -0.39 is 35.8 Å². The van der Waals surface area contributed by atoms with Gasteiger partial charge >= 0.3 is 6.09 Å². The van der Waals surface area contributed by atoms with Crippen molar-refractivity contribution in [3.8, 4) is 0 Å². The molecule has 1 aromatic rings. The summed E-state index contributed by atoms with van der Waals surface area (Å²) in [4.78, 5) is 61.1. The van der Waals surface area contributed by atoms with Crippen molar-refractivity contribution < 1.29 is 33.8 Å². The Morgan fingerprint density at radius 2 is 1.54 bits per heavy atom. The van der Waals surface area contributed by atoms with Gasteiger partial charge < -0.3 is 20.5 Å². The van der Waals surface area contributed by atoms with Gasteiger partial charge in [-0.2, -0.15) is 0 Å². The second-order valence-electron chi connectivity index (χ2n) is 9.98. The maximum atomic E-state index is 13.1. The maximum Gasteiger partial charge on any atom is 0.404 e. The summed E-state index contributed by atoms with van der Waals surface area (Å²) in [5.74, 6) is -2.01. The van der Waals surface area contributed by atoms with Crippen LogP contribution < -0.4 is 16.0 Å². The first kappa shape index (κ1) is 30.1. The highest BCUT2D eigenvalue weighted by Crippen LogP contribution is 2.32. The number of carbonyl (C=O) groups is 5. The number of imide groups is 2. The van der Waals surface area contributed by atoms with Gasteiger partial charge in [0.15, 0.2) is 0 Å². The van der Waals surface area contributed by atoms with E-state index >= 15 is 0 Å². The zero-order valence-electron chi connectivity index (χ0n) is 22.5. The first-order valence-corrected chi connectivity index (χ1v) is 14.0. The lowest BCUT2D eigenvalue weighted by Gasteiger charge is -2.27. The van der Waals surface area contributed by atoms with Crippen LogP contribution in [0.5, 0.6) is 0 Å². The molecule has 39 heavy (non-hydrogen) atoms. The molecule has 4 N–H and O–H groups in total. The number of carboxylic acid groups (broad SMARTS) is 1. The van der Waals surface area contributed by atoms with Gasteiger partial charge in [-0.25, -0.2) is 4.79 Å². The van der Waals surface area contributed by atoms with Gasteiger partial charge in [-0.3, -0.25) is 29.4 Å². The van der Waals surface area contributed by atoms with E-state index in [1.165, 1.54) is 0 Å². The van der Waals surface area contributed by atoms with Crippen molar-refractivity contribution in [2.75, 3.05) is 31.6 Å². The van der Waals surface area contributed by atoms with Gasteiger partial charge in [-0.15, -0.1) is 0 Å². The van der Waals surface area contributed by atoms with E-state index in [0.29, 0.717) is 18.8 Å². The van der Waals surface area contributed by atoms with Crippen LogP contribution >= 0.6 is 0 Å². The van der Waals surface area contributed by atoms with Gasteiger partial charge in [0.05, 0.1) is 11.1 Å². The summed E-state index contributed by atoms with van der Waals surface area (Å²) < 4.78 is 5.71. The maximum absolute atomic E-state index is 13.1. The fraction of sp³-hybridized carbons (Fsp3) is 0.607. The Kier molecular flexibility index (Phi) is 12.2. The molecule has 0 bridgehead atoms. The topological polar surface area (TPSA) is 154 Å². The molecule has 11 heteroatoms. The number of piperidine rings is 1. The summed E-state index contributed by atoms with van der Waals surface area (Å²) in [7, 11) is 0. The van der Waals surface area contributed by atoms with Crippen LogP contribution in [-0.4, -0.2) is 72.1 Å². The normalized spacial score (nSPS) is 16.8. The van der Waals surface area contributed by atoms with Crippen LogP contribution in [0.15, 0.2) is 18.2 Å². The molecule has 0 spiro atoms. The number of benzene rings is 1. The third-order valence-electron chi connectivity index (χ3n) is 6.99. The van der Waals surface area contributed by atoms with Crippen LogP contribution in [0.2, 0.25) is 0 Å². The number of nitrogens with one attached hydrogen (secondary N) is 3. The quantitative estimate of drug-likeness (QED) is 0.161. The minimum absolute atomic E-state index is 0.0943. The molecule has 0 saturated carbocycles. The molecule has 1 saturated heterocycles. The number of carbonyl (C=O) groups excluding carboxylic acids is 4. The molecule has 2 aliphatic rings. The van der Waals surface area contributed by atoms with Gasteiger partial charge in [0.1, 0.15) is 6.04 Å². The molecule has 0 radical (unpaired) electrons. The van der Waals surface area contributed by atoms with Crippen LogP contribution in [0.4, 0.5) is 10.5 Å². The average Bonchev–Trinajstić information content (AvgIpc) is 3.16. The summed E-state index contributed by atoms with van der Waals surface area (Å²) in [6.07, 6.45) is 9.57. The zero-order valence-corrected chi connectivity index (χ0v) is 22.5. The third-order valence-corrected chi connectivity index (χ3v) is 6.99. The number of amides is 5.